The van der Waals surface area contributed by atoms with Crippen molar-refractivity contribution in [2.24, 2.45) is 11.3 Å². The second-order valence-electron chi connectivity index (χ2n) is 5.52. The highest BCUT2D eigenvalue weighted by Crippen LogP contribution is 2.54. The lowest BCUT2D eigenvalue weighted by Gasteiger charge is -2.41. The van der Waals surface area contributed by atoms with Crippen LogP contribution in [-0.4, -0.2) is 28.7 Å². The molecule has 2 N–H and O–H groups in total. The fourth-order valence-corrected chi connectivity index (χ4v) is 3.16. The van der Waals surface area contributed by atoms with Gasteiger partial charge in [0.25, 0.3) is 0 Å². The van der Waals surface area contributed by atoms with Crippen molar-refractivity contribution in [1.29, 1.82) is 0 Å². The summed E-state index contributed by atoms with van der Waals surface area (Å²) in [4.78, 5) is 11.5. The highest BCUT2D eigenvalue weighted by molar-refractivity contribution is 5.91. The lowest BCUT2D eigenvalue weighted by molar-refractivity contribution is -0.140. The van der Waals surface area contributed by atoms with Crippen molar-refractivity contribution in [2.75, 3.05) is 6.61 Å². The maximum absolute atomic E-state index is 11.5. The van der Waals surface area contributed by atoms with E-state index in [1.165, 1.54) is 0 Å². The summed E-state index contributed by atoms with van der Waals surface area (Å²) in [7, 11) is 0. The molecule has 2 unspecified atom stereocenters. The molecule has 0 aromatic rings. The summed E-state index contributed by atoms with van der Waals surface area (Å²) in [5.74, 6) is 6.64. The molecule has 18 heavy (non-hydrogen) atoms. The molecular formula is C15H22O3. The average Bonchev–Trinajstić information content (AvgIpc) is 2.60. The molecule has 3 heteroatoms. The first-order valence-electron chi connectivity index (χ1n) is 7.02. The van der Waals surface area contributed by atoms with Gasteiger partial charge in [0.2, 0.25) is 0 Å². The van der Waals surface area contributed by atoms with Crippen LogP contribution < -0.4 is 0 Å². The fourth-order valence-electron chi connectivity index (χ4n) is 3.16. The predicted molar refractivity (Wildman–Crippen MR) is 68.7 cm³/mol. The number of unbranched alkanes of at least 4 members (excludes halogenated alkanes) is 4. The predicted octanol–water partition coefficient (Wildman–Crippen LogP) is 1.66. The third kappa shape index (κ3) is 2.46. The standard InChI is InChI=1S/C15H22O3/c16-10-6-4-2-1-3-5-9-15-11-13(17)12(15)7-8-14(15)18/h12,14,16,18H,1-4,6-8,10-11H2/t12?,14-,15?/m0/s1. The molecule has 0 amide bonds. The monoisotopic (exact) mass is 250 g/mol. The van der Waals surface area contributed by atoms with Gasteiger partial charge in [-0.3, -0.25) is 4.79 Å². The number of aliphatic hydroxyl groups excluding tert-OH is 2. The van der Waals surface area contributed by atoms with Crippen LogP contribution in [0.15, 0.2) is 0 Å². The van der Waals surface area contributed by atoms with Gasteiger partial charge in [0.1, 0.15) is 5.78 Å². The molecule has 0 spiro atoms. The minimum absolute atomic E-state index is 0.00869. The maximum Gasteiger partial charge on any atom is 0.139 e. The molecule has 100 valence electrons. The number of carbonyl (C=O) groups is 1. The largest absolute Gasteiger partial charge is 0.396 e. The Labute approximate surface area is 109 Å². The summed E-state index contributed by atoms with van der Waals surface area (Å²) < 4.78 is 0. The molecule has 0 bridgehead atoms. The first kappa shape index (κ1) is 13.6. The van der Waals surface area contributed by atoms with E-state index < -0.39 is 6.10 Å². The van der Waals surface area contributed by atoms with Crippen molar-refractivity contribution in [3.63, 3.8) is 0 Å². The summed E-state index contributed by atoms with van der Waals surface area (Å²) in [5.41, 5.74) is -0.387. The number of hydrogen-bond acceptors (Lipinski definition) is 3. The Morgan fingerprint density at radius 1 is 1.22 bits per heavy atom. The Morgan fingerprint density at radius 2 is 2.00 bits per heavy atom. The van der Waals surface area contributed by atoms with E-state index in [1.807, 2.05) is 0 Å². The highest BCUT2D eigenvalue weighted by Gasteiger charge is 2.60. The van der Waals surface area contributed by atoms with E-state index in [0.717, 1.165) is 44.9 Å². The van der Waals surface area contributed by atoms with Gasteiger partial charge in [-0.15, -0.1) is 5.92 Å². The van der Waals surface area contributed by atoms with Gasteiger partial charge in [0, 0.05) is 25.4 Å². The Balaban J connectivity index is 1.77. The normalized spacial score (nSPS) is 33.6. The molecule has 2 rings (SSSR count). The molecule has 0 aromatic heterocycles. The van der Waals surface area contributed by atoms with Gasteiger partial charge in [0.05, 0.1) is 11.5 Å². The van der Waals surface area contributed by atoms with E-state index in [4.69, 9.17) is 5.11 Å². The minimum atomic E-state index is -0.401. The summed E-state index contributed by atoms with van der Waals surface area (Å²) in [6, 6.07) is 0. The molecule has 3 atom stereocenters. The SMILES string of the molecule is O=C1CC2(C#CCCCCCCO)C1CC[C@@H]2O. The number of carbonyl (C=O) groups excluding carboxylic acids is 1. The van der Waals surface area contributed by atoms with Gasteiger partial charge in [-0.05, 0) is 25.7 Å². The Bertz CT molecular complexity index is 366. The van der Waals surface area contributed by atoms with Gasteiger partial charge in [-0.2, -0.15) is 0 Å². The summed E-state index contributed by atoms with van der Waals surface area (Å²) >= 11 is 0. The zero-order valence-corrected chi connectivity index (χ0v) is 10.8. The molecule has 2 aliphatic carbocycles. The molecular weight excluding hydrogens is 228 g/mol. The first-order chi connectivity index (χ1) is 8.70. The van der Waals surface area contributed by atoms with Crippen molar-refractivity contribution in [2.45, 2.75) is 57.5 Å². The van der Waals surface area contributed by atoms with Crippen molar-refractivity contribution in [3.8, 4) is 11.8 Å². The van der Waals surface area contributed by atoms with Crippen LogP contribution in [0.25, 0.3) is 0 Å². The summed E-state index contributed by atoms with van der Waals surface area (Å²) in [5, 5.41) is 18.6. The van der Waals surface area contributed by atoms with E-state index in [2.05, 4.69) is 11.8 Å². The highest BCUT2D eigenvalue weighted by atomic mass is 16.3. The molecule has 0 radical (unpaired) electrons. The third-order valence-electron chi connectivity index (χ3n) is 4.33. The van der Waals surface area contributed by atoms with Gasteiger partial charge in [0.15, 0.2) is 0 Å². The zero-order chi connectivity index (χ0) is 13.0. The number of Topliss-reactive ketones (excluding diaryl/α,β-unsaturated/α-hetero) is 1. The summed E-state index contributed by atoms with van der Waals surface area (Å²) in [6.07, 6.45) is 6.47. The van der Waals surface area contributed by atoms with Crippen molar-refractivity contribution >= 4 is 5.78 Å². The molecule has 0 heterocycles. The number of rotatable bonds is 5. The van der Waals surface area contributed by atoms with E-state index in [9.17, 15) is 9.90 Å². The van der Waals surface area contributed by atoms with Gasteiger partial charge in [-0.1, -0.05) is 18.8 Å². The lowest BCUT2D eigenvalue weighted by atomic mass is 9.60. The molecule has 3 nitrogen and oxygen atoms in total. The zero-order valence-electron chi connectivity index (χ0n) is 10.8. The van der Waals surface area contributed by atoms with Gasteiger partial charge >= 0.3 is 0 Å². The Morgan fingerprint density at radius 3 is 2.72 bits per heavy atom. The van der Waals surface area contributed by atoms with E-state index in [1.54, 1.807) is 0 Å². The third-order valence-corrected chi connectivity index (χ3v) is 4.33. The van der Waals surface area contributed by atoms with E-state index in [0.29, 0.717) is 6.42 Å². The lowest BCUT2D eigenvalue weighted by Crippen LogP contribution is -2.49. The van der Waals surface area contributed by atoms with Crippen molar-refractivity contribution in [3.05, 3.63) is 0 Å². The maximum atomic E-state index is 11.5. The number of ketones is 1. The van der Waals surface area contributed by atoms with E-state index >= 15 is 0 Å². The number of hydrogen-bond donors (Lipinski definition) is 2. The van der Waals surface area contributed by atoms with Crippen molar-refractivity contribution in [1.82, 2.24) is 0 Å². The van der Waals surface area contributed by atoms with Crippen LogP contribution in [-0.2, 0) is 4.79 Å². The minimum Gasteiger partial charge on any atom is -0.396 e. The first-order valence-corrected chi connectivity index (χ1v) is 7.02. The average molecular weight is 250 g/mol. The molecule has 0 aromatic carbocycles. The quantitative estimate of drug-likeness (QED) is 0.576. The van der Waals surface area contributed by atoms with Crippen LogP contribution in [0, 0.1) is 23.2 Å². The van der Waals surface area contributed by atoms with Crippen LogP contribution in [0.3, 0.4) is 0 Å². The second kappa shape index (κ2) is 5.86. The Hall–Kier alpha value is -0.850. The number of aliphatic hydroxyl groups is 2. The molecule has 2 saturated carbocycles. The second-order valence-corrected chi connectivity index (χ2v) is 5.52. The smallest absolute Gasteiger partial charge is 0.139 e. The van der Waals surface area contributed by atoms with Crippen LogP contribution in [0.1, 0.15) is 51.4 Å². The van der Waals surface area contributed by atoms with Crippen LogP contribution in [0.4, 0.5) is 0 Å². The van der Waals surface area contributed by atoms with Gasteiger partial charge < -0.3 is 10.2 Å². The molecule has 2 aliphatic rings. The molecule has 2 fully saturated rings. The van der Waals surface area contributed by atoms with Crippen LogP contribution >= 0.6 is 0 Å². The number of fused-ring (bicyclic) bond motifs is 1. The van der Waals surface area contributed by atoms with Crippen LogP contribution in [0.5, 0.6) is 0 Å². The fraction of sp³-hybridized carbons (Fsp3) is 0.800. The molecule has 0 saturated heterocycles. The summed E-state index contributed by atoms with van der Waals surface area (Å²) in [6.45, 7) is 0.269. The van der Waals surface area contributed by atoms with Crippen LogP contribution in [0.2, 0.25) is 0 Å². The Kier molecular flexibility index (Phi) is 4.42. The topological polar surface area (TPSA) is 57.5 Å². The van der Waals surface area contributed by atoms with Gasteiger partial charge in [-0.25, -0.2) is 0 Å². The van der Waals surface area contributed by atoms with E-state index in [-0.39, 0.29) is 23.7 Å². The molecule has 0 aliphatic heterocycles. The van der Waals surface area contributed by atoms with Crippen molar-refractivity contribution < 1.29 is 15.0 Å².